The summed E-state index contributed by atoms with van der Waals surface area (Å²) in [7, 11) is -1.72. The van der Waals surface area contributed by atoms with Gasteiger partial charge in [-0.15, -0.1) is 0 Å². The fourth-order valence-electron chi connectivity index (χ4n) is 1.55. The predicted octanol–water partition coefficient (Wildman–Crippen LogP) is 1.46. The number of hydrogen-bond donors (Lipinski definition) is 2. The van der Waals surface area contributed by atoms with E-state index in [1.807, 2.05) is 32.0 Å². The summed E-state index contributed by atoms with van der Waals surface area (Å²) in [5.41, 5.74) is 2.50. The Morgan fingerprint density at radius 1 is 1.32 bits per heavy atom. The van der Waals surface area contributed by atoms with Crippen LogP contribution in [0.25, 0.3) is 0 Å². The maximum Gasteiger partial charge on any atom is 0.318 e. The van der Waals surface area contributed by atoms with Crippen molar-refractivity contribution in [3.05, 3.63) is 29.3 Å². The number of rotatable bonds is 5. The summed E-state index contributed by atoms with van der Waals surface area (Å²) in [6.45, 7) is 5.05. The largest absolute Gasteiger partial charge is 0.480 e. The van der Waals surface area contributed by atoms with Crippen molar-refractivity contribution in [3.63, 3.8) is 0 Å². The highest BCUT2D eigenvalue weighted by Gasteiger charge is 2.21. The Morgan fingerprint density at radius 3 is 2.32 bits per heavy atom. The summed E-state index contributed by atoms with van der Waals surface area (Å²) < 4.78 is 11.6. The number of carboxylic acid groups (broad SMARTS) is 1. The van der Waals surface area contributed by atoms with E-state index in [1.165, 1.54) is 6.92 Å². The number of carbonyl (C=O) groups excluding carboxylic acids is 1. The number of hydrogen-bond acceptors (Lipinski definition) is 3. The number of benzene rings is 1. The second-order valence-electron chi connectivity index (χ2n) is 4.32. The standard InChI is InChI=1S/C13H17NO4S/c1-8-5-4-6-9(2)12(8)14-11(15)7-19(18)10(3)13(16)17/h4-6,10H,7H2,1-3H3,(H,14,15)(H,16,17). The zero-order chi connectivity index (χ0) is 14.6. The first-order chi connectivity index (χ1) is 8.82. The Morgan fingerprint density at radius 2 is 1.84 bits per heavy atom. The van der Waals surface area contributed by atoms with E-state index in [2.05, 4.69) is 5.32 Å². The molecule has 0 spiro atoms. The third kappa shape index (κ3) is 4.17. The van der Waals surface area contributed by atoms with Crippen LogP contribution in [-0.4, -0.2) is 32.2 Å². The van der Waals surface area contributed by atoms with Crippen LogP contribution in [0.15, 0.2) is 18.2 Å². The Balaban J connectivity index is 2.71. The molecule has 1 aromatic rings. The number of carboxylic acids is 1. The lowest BCUT2D eigenvalue weighted by atomic mass is 10.1. The van der Waals surface area contributed by atoms with Gasteiger partial charge in [-0.2, -0.15) is 0 Å². The minimum Gasteiger partial charge on any atom is -0.480 e. The summed E-state index contributed by atoms with van der Waals surface area (Å²) in [5.74, 6) is -1.93. The number of carbonyl (C=O) groups is 2. The molecule has 0 aromatic heterocycles. The van der Waals surface area contributed by atoms with Gasteiger partial charge in [-0.3, -0.25) is 13.8 Å². The van der Waals surface area contributed by atoms with Crippen molar-refractivity contribution in [2.75, 3.05) is 11.1 Å². The molecule has 0 heterocycles. The zero-order valence-corrected chi connectivity index (χ0v) is 11.9. The van der Waals surface area contributed by atoms with Crippen LogP contribution in [0, 0.1) is 13.8 Å². The molecule has 2 N–H and O–H groups in total. The first-order valence-corrected chi connectivity index (χ1v) is 7.17. The fraction of sp³-hybridized carbons (Fsp3) is 0.385. The van der Waals surface area contributed by atoms with E-state index in [4.69, 9.17) is 5.11 Å². The van der Waals surface area contributed by atoms with Gasteiger partial charge in [-0.05, 0) is 31.9 Å². The molecule has 0 saturated heterocycles. The molecule has 19 heavy (non-hydrogen) atoms. The molecule has 0 radical (unpaired) electrons. The summed E-state index contributed by atoms with van der Waals surface area (Å²) in [6, 6.07) is 5.60. The van der Waals surface area contributed by atoms with Crippen LogP contribution >= 0.6 is 0 Å². The summed E-state index contributed by atoms with van der Waals surface area (Å²) in [4.78, 5) is 22.4. The van der Waals surface area contributed by atoms with E-state index in [-0.39, 0.29) is 5.75 Å². The fourth-order valence-corrected chi connectivity index (χ4v) is 2.36. The highest BCUT2D eigenvalue weighted by molar-refractivity contribution is 7.87. The van der Waals surface area contributed by atoms with Crippen LogP contribution in [0.1, 0.15) is 18.1 Å². The molecule has 1 rings (SSSR count). The van der Waals surface area contributed by atoms with Crippen LogP contribution in [0.2, 0.25) is 0 Å². The lowest BCUT2D eigenvalue weighted by Gasteiger charge is -2.12. The van der Waals surface area contributed by atoms with Gasteiger partial charge in [0.05, 0.1) is 0 Å². The van der Waals surface area contributed by atoms with Crippen molar-refractivity contribution in [1.82, 2.24) is 0 Å². The maximum atomic E-state index is 11.8. The quantitative estimate of drug-likeness (QED) is 0.857. The van der Waals surface area contributed by atoms with E-state index in [1.54, 1.807) is 0 Å². The average Bonchev–Trinajstić information content (AvgIpc) is 2.32. The normalized spacial score (nSPS) is 13.6. The van der Waals surface area contributed by atoms with Crippen LogP contribution < -0.4 is 5.32 Å². The Kier molecular flexibility index (Phi) is 5.23. The van der Waals surface area contributed by atoms with Crippen molar-refractivity contribution >= 4 is 28.4 Å². The molecular formula is C13H17NO4S. The van der Waals surface area contributed by atoms with E-state index in [0.29, 0.717) is 5.69 Å². The molecule has 2 atom stereocenters. The molecule has 1 amide bonds. The molecule has 0 saturated carbocycles. The van der Waals surface area contributed by atoms with Crippen LogP contribution in [0.5, 0.6) is 0 Å². The molecule has 2 unspecified atom stereocenters. The number of para-hydroxylation sites is 1. The zero-order valence-electron chi connectivity index (χ0n) is 11.1. The molecule has 0 fully saturated rings. The first-order valence-electron chi connectivity index (χ1n) is 5.79. The predicted molar refractivity (Wildman–Crippen MR) is 74.7 cm³/mol. The van der Waals surface area contributed by atoms with Gasteiger partial charge in [0.1, 0.15) is 11.0 Å². The molecule has 0 aliphatic carbocycles. The lowest BCUT2D eigenvalue weighted by Crippen LogP contribution is -2.29. The van der Waals surface area contributed by atoms with Gasteiger partial charge in [0.2, 0.25) is 5.91 Å². The third-order valence-electron chi connectivity index (χ3n) is 2.76. The van der Waals surface area contributed by atoms with Crippen molar-refractivity contribution < 1.29 is 18.9 Å². The van der Waals surface area contributed by atoms with E-state index >= 15 is 0 Å². The van der Waals surface area contributed by atoms with Gasteiger partial charge in [0.15, 0.2) is 0 Å². The summed E-state index contributed by atoms with van der Waals surface area (Å²) >= 11 is 0. The molecule has 0 bridgehead atoms. The molecular weight excluding hydrogens is 266 g/mol. The number of aliphatic carboxylic acids is 1. The average molecular weight is 283 g/mol. The molecule has 0 aliphatic rings. The third-order valence-corrected chi connectivity index (χ3v) is 4.30. The van der Waals surface area contributed by atoms with Gasteiger partial charge in [0, 0.05) is 16.5 Å². The van der Waals surface area contributed by atoms with Gasteiger partial charge in [-0.25, -0.2) is 0 Å². The van der Waals surface area contributed by atoms with Crippen LogP contribution in [-0.2, 0) is 20.4 Å². The summed E-state index contributed by atoms with van der Waals surface area (Å²) in [6.07, 6.45) is 0. The molecule has 0 aliphatic heterocycles. The van der Waals surface area contributed by atoms with Crippen molar-refractivity contribution in [2.45, 2.75) is 26.0 Å². The molecule has 1 aromatic carbocycles. The topological polar surface area (TPSA) is 83.5 Å². The SMILES string of the molecule is Cc1cccc(C)c1NC(=O)CS(=O)C(C)C(=O)O. The smallest absolute Gasteiger partial charge is 0.318 e. The maximum absolute atomic E-state index is 11.8. The molecule has 104 valence electrons. The minimum atomic E-state index is -1.72. The Bertz CT molecular complexity index is 507. The first kappa shape index (κ1) is 15.4. The van der Waals surface area contributed by atoms with Crippen LogP contribution in [0.4, 0.5) is 5.69 Å². The van der Waals surface area contributed by atoms with Gasteiger partial charge < -0.3 is 10.4 Å². The lowest BCUT2D eigenvalue weighted by molar-refractivity contribution is -0.136. The van der Waals surface area contributed by atoms with Crippen molar-refractivity contribution in [1.29, 1.82) is 0 Å². The van der Waals surface area contributed by atoms with Crippen LogP contribution in [0.3, 0.4) is 0 Å². The van der Waals surface area contributed by atoms with Gasteiger partial charge >= 0.3 is 5.97 Å². The van der Waals surface area contributed by atoms with Crippen molar-refractivity contribution in [2.24, 2.45) is 0 Å². The monoisotopic (exact) mass is 283 g/mol. The number of anilines is 1. The molecule has 6 heteroatoms. The molecule has 5 nitrogen and oxygen atoms in total. The van der Waals surface area contributed by atoms with E-state index < -0.39 is 27.9 Å². The Hall–Kier alpha value is -1.69. The highest BCUT2D eigenvalue weighted by atomic mass is 32.2. The summed E-state index contributed by atoms with van der Waals surface area (Å²) in [5, 5.41) is 10.3. The van der Waals surface area contributed by atoms with Gasteiger partial charge in [-0.1, -0.05) is 18.2 Å². The number of nitrogens with one attached hydrogen (secondary N) is 1. The number of amides is 1. The second-order valence-corrected chi connectivity index (χ2v) is 6.08. The van der Waals surface area contributed by atoms with Crippen molar-refractivity contribution in [3.8, 4) is 0 Å². The Labute approximate surface area is 114 Å². The number of aryl methyl sites for hydroxylation is 2. The second kappa shape index (κ2) is 6.47. The highest BCUT2D eigenvalue weighted by Crippen LogP contribution is 2.19. The minimum absolute atomic E-state index is 0.318. The van der Waals surface area contributed by atoms with Gasteiger partial charge in [0.25, 0.3) is 0 Å². The van der Waals surface area contributed by atoms with E-state index in [9.17, 15) is 13.8 Å². The van der Waals surface area contributed by atoms with E-state index in [0.717, 1.165) is 11.1 Å².